The number of para-hydroxylation sites is 1. The summed E-state index contributed by atoms with van der Waals surface area (Å²) in [4.78, 5) is 4.72. The number of fused-ring (bicyclic) bond motifs is 2. The second kappa shape index (κ2) is 3.78. The maximum atomic E-state index is 9.77. The largest absolute Gasteiger partial charge is 0.396 e. The SMILES string of the molecule is OCC1(Cc2nc3ccccc3s2)CC2CC2C1. The van der Waals surface area contributed by atoms with Crippen molar-refractivity contribution in [3.8, 4) is 0 Å². The fourth-order valence-electron chi connectivity index (χ4n) is 3.65. The molecule has 2 fully saturated rings. The molecule has 2 unspecified atom stereocenters. The van der Waals surface area contributed by atoms with E-state index in [9.17, 15) is 5.11 Å². The first-order valence-corrected chi connectivity index (χ1v) is 7.55. The van der Waals surface area contributed by atoms with Crippen molar-refractivity contribution in [3.63, 3.8) is 0 Å². The first-order valence-electron chi connectivity index (χ1n) is 6.73. The molecule has 2 aliphatic carbocycles. The Hall–Kier alpha value is -0.930. The Morgan fingerprint density at radius 1 is 1.28 bits per heavy atom. The molecule has 2 atom stereocenters. The van der Waals surface area contributed by atoms with Gasteiger partial charge in [-0.25, -0.2) is 4.98 Å². The van der Waals surface area contributed by atoms with Crippen LogP contribution in [0.4, 0.5) is 0 Å². The fraction of sp³-hybridized carbons (Fsp3) is 0.533. The van der Waals surface area contributed by atoms with Crippen molar-refractivity contribution in [2.75, 3.05) is 6.61 Å². The second-order valence-corrected chi connectivity index (χ2v) is 7.19. The molecule has 4 rings (SSSR count). The van der Waals surface area contributed by atoms with Gasteiger partial charge in [0.1, 0.15) is 0 Å². The summed E-state index contributed by atoms with van der Waals surface area (Å²) in [7, 11) is 0. The summed E-state index contributed by atoms with van der Waals surface area (Å²) in [5.41, 5.74) is 1.25. The van der Waals surface area contributed by atoms with Gasteiger partial charge in [-0.3, -0.25) is 0 Å². The molecular weight excluding hydrogens is 242 g/mol. The molecule has 3 heteroatoms. The summed E-state index contributed by atoms with van der Waals surface area (Å²) in [6.07, 6.45) is 4.80. The summed E-state index contributed by atoms with van der Waals surface area (Å²) in [5.74, 6) is 1.82. The van der Waals surface area contributed by atoms with Gasteiger partial charge < -0.3 is 5.11 Å². The number of rotatable bonds is 3. The Bertz CT molecular complexity index is 548. The number of aliphatic hydroxyl groups is 1. The number of benzene rings is 1. The molecule has 2 aliphatic rings. The zero-order valence-corrected chi connectivity index (χ0v) is 11.1. The normalized spacial score (nSPS) is 33.8. The van der Waals surface area contributed by atoms with Crippen molar-refractivity contribution in [3.05, 3.63) is 29.3 Å². The summed E-state index contributed by atoms with van der Waals surface area (Å²) < 4.78 is 1.27. The Labute approximate surface area is 111 Å². The summed E-state index contributed by atoms with van der Waals surface area (Å²) in [6, 6.07) is 8.32. The van der Waals surface area contributed by atoms with E-state index >= 15 is 0 Å². The van der Waals surface area contributed by atoms with Crippen LogP contribution in [0.2, 0.25) is 0 Å². The zero-order valence-electron chi connectivity index (χ0n) is 10.3. The van der Waals surface area contributed by atoms with Crippen LogP contribution in [0.25, 0.3) is 10.2 Å². The van der Waals surface area contributed by atoms with E-state index in [-0.39, 0.29) is 5.41 Å². The van der Waals surface area contributed by atoms with Crippen LogP contribution < -0.4 is 0 Å². The van der Waals surface area contributed by atoms with Crippen LogP contribution in [0.5, 0.6) is 0 Å². The Morgan fingerprint density at radius 3 is 2.78 bits per heavy atom. The monoisotopic (exact) mass is 259 g/mol. The van der Waals surface area contributed by atoms with E-state index in [4.69, 9.17) is 4.98 Å². The summed E-state index contributed by atoms with van der Waals surface area (Å²) in [5, 5.41) is 11.0. The number of thiazole rings is 1. The van der Waals surface area contributed by atoms with E-state index in [2.05, 4.69) is 18.2 Å². The molecule has 2 nitrogen and oxygen atoms in total. The lowest BCUT2D eigenvalue weighted by molar-refractivity contribution is 0.117. The highest BCUT2D eigenvalue weighted by Crippen LogP contribution is 2.60. The molecule has 94 valence electrons. The van der Waals surface area contributed by atoms with Gasteiger partial charge in [0.15, 0.2) is 0 Å². The molecular formula is C15H17NOS. The predicted molar refractivity (Wildman–Crippen MR) is 73.7 cm³/mol. The first kappa shape index (κ1) is 10.9. The van der Waals surface area contributed by atoms with E-state index in [0.29, 0.717) is 6.61 Å². The maximum Gasteiger partial charge on any atom is 0.0945 e. The van der Waals surface area contributed by atoms with E-state index < -0.39 is 0 Å². The molecule has 0 aliphatic heterocycles. The highest BCUT2D eigenvalue weighted by atomic mass is 32.1. The minimum absolute atomic E-state index is 0.140. The predicted octanol–water partition coefficient (Wildman–Crippen LogP) is 3.25. The van der Waals surface area contributed by atoms with Crippen molar-refractivity contribution < 1.29 is 5.11 Å². The van der Waals surface area contributed by atoms with Crippen molar-refractivity contribution in [2.45, 2.75) is 25.7 Å². The van der Waals surface area contributed by atoms with Crippen LogP contribution in [0, 0.1) is 17.3 Å². The molecule has 0 bridgehead atoms. The molecule has 18 heavy (non-hydrogen) atoms. The second-order valence-electron chi connectivity index (χ2n) is 6.07. The summed E-state index contributed by atoms with van der Waals surface area (Å²) >= 11 is 1.79. The van der Waals surface area contributed by atoms with Gasteiger partial charge in [0.2, 0.25) is 0 Å². The third-order valence-corrected chi connectivity index (χ3v) is 5.70. The van der Waals surface area contributed by atoms with E-state index in [1.165, 1.54) is 29.0 Å². The quantitative estimate of drug-likeness (QED) is 0.918. The van der Waals surface area contributed by atoms with E-state index in [0.717, 1.165) is 23.8 Å². The van der Waals surface area contributed by atoms with Crippen molar-refractivity contribution in [2.24, 2.45) is 17.3 Å². The van der Waals surface area contributed by atoms with E-state index in [1.54, 1.807) is 11.3 Å². The molecule has 0 saturated heterocycles. The third-order valence-electron chi connectivity index (χ3n) is 4.66. The molecule has 1 aromatic carbocycles. The number of hydrogen-bond donors (Lipinski definition) is 1. The topological polar surface area (TPSA) is 33.1 Å². The van der Waals surface area contributed by atoms with Gasteiger partial charge >= 0.3 is 0 Å². The van der Waals surface area contributed by atoms with Crippen molar-refractivity contribution in [1.82, 2.24) is 4.98 Å². The highest BCUT2D eigenvalue weighted by molar-refractivity contribution is 7.18. The van der Waals surface area contributed by atoms with Gasteiger partial charge in [-0.05, 0) is 43.2 Å². The lowest BCUT2D eigenvalue weighted by atomic mass is 9.81. The number of aromatic nitrogens is 1. The van der Waals surface area contributed by atoms with E-state index in [1.807, 2.05) is 6.07 Å². The smallest absolute Gasteiger partial charge is 0.0945 e. The Balaban J connectivity index is 1.63. The van der Waals surface area contributed by atoms with Crippen molar-refractivity contribution in [1.29, 1.82) is 0 Å². The van der Waals surface area contributed by atoms with Crippen LogP contribution in [-0.2, 0) is 6.42 Å². The molecule has 1 heterocycles. The highest BCUT2D eigenvalue weighted by Gasteiger charge is 2.53. The molecule has 1 aromatic heterocycles. The number of aliphatic hydroxyl groups excluding tert-OH is 1. The first-order chi connectivity index (χ1) is 8.78. The maximum absolute atomic E-state index is 9.77. The Kier molecular flexibility index (Phi) is 2.30. The average molecular weight is 259 g/mol. The van der Waals surface area contributed by atoms with Crippen LogP contribution >= 0.6 is 11.3 Å². The van der Waals surface area contributed by atoms with Gasteiger partial charge in [-0.15, -0.1) is 11.3 Å². The van der Waals surface area contributed by atoms with Gasteiger partial charge in [0, 0.05) is 18.4 Å². The van der Waals surface area contributed by atoms with Crippen LogP contribution in [0.1, 0.15) is 24.3 Å². The van der Waals surface area contributed by atoms with Crippen LogP contribution in [-0.4, -0.2) is 16.7 Å². The molecule has 1 N–H and O–H groups in total. The molecule has 0 radical (unpaired) electrons. The molecule has 2 saturated carbocycles. The van der Waals surface area contributed by atoms with Gasteiger partial charge in [-0.2, -0.15) is 0 Å². The number of hydrogen-bond acceptors (Lipinski definition) is 3. The standard InChI is InChI=1S/C15H17NOS/c17-9-15(6-10-5-11(10)7-15)8-14-16-12-3-1-2-4-13(12)18-14/h1-4,10-11,17H,5-9H2. The fourth-order valence-corrected chi connectivity index (χ4v) is 4.79. The molecule has 2 aromatic rings. The van der Waals surface area contributed by atoms with Gasteiger partial charge in [-0.1, -0.05) is 12.1 Å². The average Bonchev–Trinajstić information content (AvgIpc) is 2.85. The number of nitrogens with zero attached hydrogens (tertiary/aromatic N) is 1. The zero-order chi connectivity index (χ0) is 12.2. The van der Waals surface area contributed by atoms with Gasteiger partial charge in [0.25, 0.3) is 0 Å². The Morgan fingerprint density at radius 2 is 2.06 bits per heavy atom. The molecule has 0 spiro atoms. The third kappa shape index (κ3) is 1.69. The lowest BCUT2D eigenvalue weighted by Crippen LogP contribution is -2.26. The van der Waals surface area contributed by atoms with Crippen LogP contribution in [0.3, 0.4) is 0 Å². The summed E-state index contributed by atoms with van der Waals surface area (Å²) in [6.45, 7) is 0.329. The molecule has 0 amide bonds. The van der Waals surface area contributed by atoms with Crippen LogP contribution in [0.15, 0.2) is 24.3 Å². The van der Waals surface area contributed by atoms with Crippen molar-refractivity contribution >= 4 is 21.6 Å². The minimum Gasteiger partial charge on any atom is -0.396 e. The van der Waals surface area contributed by atoms with Gasteiger partial charge in [0.05, 0.1) is 15.2 Å². The lowest BCUT2D eigenvalue weighted by Gasteiger charge is -2.27. The minimum atomic E-state index is 0.140.